The number of aliphatic imine (C=N–C) groups is 1. The molecule has 9 nitrogen and oxygen atoms in total. The number of hydrogen-bond donors (Lipinski definition) is 2. The average Bonchev–Trinajstić information content (AvgIpc) is 2.97. The molecule has 30 heavy (non-hydrogen) atoms. The molecule has 0 saturated heterocycles. The first-order chi connectivity index (χ1) is 13.6. The Bertz CT molecular complexity index is 714. The average molecular weight is 535 g/mol. The molecule has 2 N–H and O–H groups in total. The molecule has 2 atom stereocenters. The van der Waals surface area contributed by atoms with Crippen LogP contribution in [0.1, 0.15) is 52.7 Å². The lowest BCUT2D eigenvalue weighted by atomic mass is 10.1. The van der Waals surface area contributed by atoms with Gasteiger partial charge in [0.2, 0.25) is 0 Å². The lowest BCUT2D eigenvalue weighted by molar-refractivity contribution is 0.0279. The molecule has 2 rings (SSSR count). The third-order valence-corrected chi connectivity index (χ3v) is 4.50. The molecule has 1 aromatic heterocycles. The Kier molecular flexibility index (Phi) is 10.3. The summed E-state index contributed by atoms with van der Waals surface area (Å²) in [7, 11) is 1.76. The Hall–Kier alpha value is -1.59. The Balaban J connectivity index is 0.00000450. The number of rotatable bonds is 6. The van der Waals surface area contributed by atoms with Gasteiger partial charge in [0.25, 0.3) is 0 Å². The summed E-state index contributed by atoms with van der Waals surface area (Å²) in [6.45, 7) is 14.5. The van der Waals surface area contributed by atoms with Crippen LogP contribution in [0.15, 0.2) is 4.99 Å². The van der Waals surface area contributed by atoms with E-state index >= 15 is 0 Å². The summed E-state index contributed by atoms with van der Waals surface area (Å²) < 4.78 is 7.39. The normalized spacial score (nSPS) is 17.4. The minimum absolute atomic E-state index is 0. The smallest absolute Gasteiger partial charge is 0.410 e. The van der Waals surface area contributed by atoms with E-state index in [-0.39, 0.29) is 42.0 Å². The summed E-state index contributed by atoms with van der Waals surface area (Å²) in [4.78, 5) is 22.9. The van der Waals surface area contributed by atoms with Gasteiger partial charge in [-0.05, 0) is 47.0 Å². The lowest BCUT2D eigenvalue weighted by Crippen LogP contribution is -2.47. The van der Waals surface area contributed by atoms with E-state index in [2.05, 4.69) is 34.6 Å². The minimum atomic E-state index is -0.489. The van der Waals surface area contributed by atoms with E-state index in [0.717, 1.165) is 43.5 Å². The number of fused-ring (bicyclic) bond motifs is 1. The molecule has 2 heterocycles. The topological polar surface area (TPSA) is 96.7 Å². The minimum Gasteiger partial charge on any atom is -0.444 e. The van der Waals surface area contributed by atoms with Crippen molar-refractivity contribution < 1.29 is 9.53 Å². The van der Waals surface area contributed by atoms with Crippen molar-refractivity contribution in [1.82, 2.24) is 30.3 Å². The molecule has 172 valence electrons. The maximum absolute atomic E-state index is 12.1. The summed E-state index contributed by atoms with van der Waals surface area (Å²) in [5, 5.41) is 11.3. The van der Waals surface area contributed by atoms with Crippen LogP contribution in [0, 0.1) is 12.8 Å². The van der Waals surface area contributed by atoms with Gasteiger partial charge in [0.05, 0.1) is 6.54 Å². The van der Waals surface area contributed by atoms with E-state index in [1.807, 2.05) is 32.4 Å². The standard InChI is InChI=1S/C20H37N7O2.HI/c1-8-21-18(24-16-9-10-17-23-15(3)25-27(17)13-16)22-11-14(2)12-26(7)19(28)29-20(4,5)6;/h14,16H,8-13H2,1-7H3,(H2,21,22,24);1H. The Morgan fingerprint density at radius 2 is 2.13 bits per heavy atom. The zero-order valence-corrected chi connectivity index (χ0v) is 21.7. The summed E-state index contributed by atoms with van der Waals surface area (Å²) in [5.74, 6) is 2.88. The first-order valence-electron chi connectivity index (χ1n) is 10.5. The first kappa shape index (κ1) is 26.4. The number of guanidine groups is 1. The van der Waals surface area contributed by atoms with Crippen molar-refractivity contribution in [3.8, 4) is 0 Å². The van der Waals surface area contributed by atoms with Crippen molar-refractivity contribution in [1.29, 1.82) is 0 Å². The first-order valence-corrected chi connectivity index (χ1v) is 10.5. The number of aromatic nitrogens is 3. The molecule has 0 aliphatic carbocycles. The molecular weight excluding hydrogens is 497 g/mol. The summed E-state index contributed by atoms with van der Waals surface area (Å²) in [6.07, 6.45) is 1.61. The third kappa shape index (κ3) is 8.65. The van der Waals surface area contributed by atoms with Crippen molar-refractivity contribution in [3.05, 3.63) is 11.6 Å². The molecule has 0 radical (unpaired) electrons. The SMILES string of the molecule is CCNC(=NCC(C)CN(C)C(=O)OC(C)(C)C)NC1CCc2nc(C)nn2C1.I. The zero-order chi connectivity index (χ0) is 21.6. The summed E-state index contributed by atoms with van der Waals surface area (Å²) in [5.41, 5.74) is -0.489. The van der Waals surface area contributed by atoms with E-state index in [0.29, 0.717) is 13.1 Å². The number of aryl methyl sites for hydroxylation is 2. The molecule has 10 heteroatoms. The van der Waals surface area contributed by atoms with E-state index < -0.39 is 5.60 Å². The van der Waals surface area contributed by atoms with Gasteiger partial charge < -0.3 is 20.3 Å². The predicted octanol–water partition coefficient (Wildman–Crippen LogP) is 2.58. The maximum atomic E-state index is 12.1. The monoisotopic (exact) mass is 535 g/mol. The van der Waals surface area contributed by atoms with Gasteiger partial charge in [-0.15, -0.1) is 24.0 Å². The van der Waals surface area contributed by atoms with Crippen molar-refractivity contribution in [3.63, 3.8) is 0 Å². The Morgan fingerprint density at radius 3 is 2.77 bits per heavy atom. The second-order valence-electron chi connectivity index (χ2n) is 8.82. The molecular formula is C20H38IN7O2. The second-order valence-corrected chi connectivity index (χ2v) is 8.82. The largest absolute Gasteiger partial charge is 0.444 e. The fourth-order valence-electron chi connectivity index (χ4n) is 3.25. The number of halogens is 1. The van der Waals surface area contributed by atoms with E-state index in [9.17, 15) is 4.79 Å². The number of carbonyl (C=O) groups is 1. The third-order valence-electron chi connectivity index (χ3n) is 4.50. The number of hydrogen-bond acceptors (Lipinski definition) is 5. The van der Waals surface area contributed by atoms with Crippen LogP contribution in [0.5, 0.6) is 0 Å². The maximum Gasteiger partial charge on any atom is 0.410 e. The molecule has 0 saturated carbocycles. The molecule has 0 spiro atoms. The van der Waals surface area contributed by atoms with Crippen molar-refractivity contribution >= 4 is 36.0 Å². The zero-order valence-electron chi connectivity index (χ0n) is 19.4. The van der Waals surface area contributed by atoms with E-state index in [4.69, 9.17) is 9.73 Å². The molecule has 1 aromatic rings. The Labute approximate surface area is 197 Å². The van der Waals surface area contributed by atoms with Crippen LogP contribution in [0.2, 0.25) is 0 Å². The van der Waals surface area contributed by atoms with E-state index in [1.165, 1.54) is 0 Å². The van der Waals surface area contributed by atoms with Gasteiger partial charge in [-0.3, -0.25) is 4.99 Å². The predicted molar refractivity (Wildman–Crippen MR) is 129 cm³/mol. The highest BCUT2D eigenvalue weighted by Gasteiger charge is 2.22. The van der Waals surface area contributed by atoms with E-state index in [1.54, 1.807) is 11.9 Å². The van der Waals surface area contributed by atoms with Gasteiger partial charge in [-0.25, -0.2) is 14.5 Å². The highest BCUT2D eigenvalue weighted by Crippen LogP contribution is 2.13. The second kappa shape index (κ2) is 11.7. The molecule has 0 aromatic carbocycles. The van der Waals surface area contributed by atoms with Crippen LogP contribution in [-0.4, -0.2) is 70.0 Å². The highest BCUT2D eigenvalue weighted by atomic mass is 127. The summed E-state index contributed by atoms with van der Waals surface area (Å²) in [6, 6.07) is 0.265. The van der Waals surface area contributed by atoms with Crippen molar-refractivity contribution in [2.45, 2.75) is 72.6 Å². The number of nitrogens with one attached hydrogen (secondary N) is 2. The lowest BCUT2D eigenvalue weighted by Gasteiger charge is -2.27. The van der Waals surface area contributed by atoms with Gasteiger partial charge >= 0.3 is 6.09 Å². The molecule has 0 bridgehead atoms. The van der Waals surface area contributed by atoms with Gasteiger partial charge in [0, 0.05) is 39.1 Å². The number of ether oxygens (including phenoxy) is 1. The van der Waals surface area contributed by atoms with Gasteiger partial charge in [0.15, 0.2) is 5.96 Å². The highest BCUT2D eigenvalue weighted by molar-refractivity contribution is 14.0. The van der Waals surface area contributed by atoms with Crippen LogP contribution in [0.3, 0.4) is 0 Å². The molecule has 2 unspecified atom stereocenters. The van der Waals surface area contributed by atoms with Crippen LogP contribution in [-0.2, 0) is 17.7 Å². The number of amides is 1. The van der Waals surface area contributed by atoms with Gasteiger partial charge in [-0.2, -0.15) is 5.10 Å². The fourth-order valence-corrected chi connectivity index (χ4v) is 3.25. The molecule has 1 amide bonds. The van der Waals surface area contributed by atoms with Crippen LogP contribution in [0.25, 0.3) is 0 Å². The fraction of sp³-hybridized carbons (Fsp3) is 0.800. The number of carbonyl (C=O) groups excluding carboxylic acids is 1. The van der Waals surface area contributed by atoms with Crippen LogP contribution >= 0.6 is 24.0 Å². The quantitative estimate of drug-likeness (QED) is 0.330. The molecule has 1 aliphatic rings. The summed E-state index contributed by atoms with van der Waals surface area (Å²) >= 11 is 0. The van der Waals surface area contributed by atoms with Crippen molar-refractivity contribution in [2.24, 2.45) is 10.9 Å². The van der Waals surface area contributed by atoms with Gasteiger partial charge in [0.1, 0.15) is 17.2 Å². The van der Waals surface area contributed by atoms with Gasteiger partial charge in [-0.1, -0.05) is 6.92 Å². The Morgan fingerprint density at radius 1 is 1.43 bits per heavy atom. The van der Waals surface area contributed by atoms with Crippen LogP contribution in [0.4, 0.5) is 4.79 Å². The van der Waals surface area contributed by atoms with Crippen LogP contribution < -0.4 is 10.6 Å². The number of nitrogens with zero attached hydrogens (tertiary/aromatic N) is 5. The molecule has 1 aliphatic heterocycles. The molecule has 0 fully saturated rings. The van der Waals surface area contributed by atoms with Crippen molar-refractivity contribution in [2.75, 3.05) is 26.7 Å².